The van der Waals surface area contributed by atoms with Crippen molar-refractivity contribution in [2.75, 3.05) is 20.3 Å². The summed E-state index contributed by atoms with van der Waals surface area (Å²) in [5.41, 5.74) is 0. The lowest BCUT2D eigenvalue weighted by atomic mass is 10.0. The zero-order chi connectivity index (χ0) is 7.40. The topological polar surface area (TPSA) is 45.0 Å². The molecule has 0 aromatic carbocycles. The number of hydrogen-bond donors (Lipinski definition) is 1. The first kappa shape index (κ1) is 7.52. The summed E-state index contributed by atoms with van der Waals surface area (Å²) in [6, 6.07) is 2.18. The standard InChI is InChI=1S/C7H12N2O/c1-9-7(4-8)6-2-3-10-5-6/h6-7,9H,2-3,5H2,1H3. The van der Waals surface area contributed by atoms with Crippen LogP contribution in [0, 0.1) is 17.2 Å². The van der Waals surface area contributed by atoms with Gasteiger partial charge in [-0.05, 0) is 13.5 Å². The summed E-state index contributed by atoms with van der Waals surface area (Å²) in [6.45, 7) is 1.55. The molecule has 0 aromatic heterocycles. The monoisotopic (exact) mass is 140 g/mol. The van der Waals surface area contributed by atoms with Gasteiger partial charge >= 0.3 is 0 Å². The number of nitriles is 1. The fourth-order valence-electron chi connectivity index (χ4n) is 1.22. The largest absolute Gasteiger partial charge is 0.381 e. The Hall–Kier alpha value is -0.590. The second kappa shape index (κ2) is 3.55. The molecule has 56 valence electrons. The van der Waals surface area contributed by atoms with Crippen LogP contribution in [0.25, 0.3) is 0 Å². The molecule has 2 atom stereocenters. The molecule has 0 bridgehead atoms. The van der Waals surface area contributed by atoms with Crippen molar-refractivity contribution in [2.45, 2.75) is 12.5 Å². The molecule has 1 heterocycles. The van der Waals surface area contributed by atoms with Gasteiger partial charge in [0.2, 0.25) is 0 Å². The molecule has 0 radical (unpaired) electrons. The molecule has 1 N–H and O–H groups in total. The summed E-state index contributed by atoms with van der Waals surface area (Å²) in [5.74, 6) is 0.398. The van der Waals surface area contributed by atoms with Gasteiger partial charge in [0, 0.05) is 12.5 Å². The Morgan fingerprint density at radius 1 is 1.80 bits per heavy atom. The van der Waals surface area contributed by atoms with Gasteiger partial charge < -0.3 is 10.1 Å². The number of nitrogens with zero attached hydrogens (tertiary/aromatic N) is 1. The summed E-state index contributed by atoms with van der Waals surface area (Å²) < 4.78 is 5.15. The van der Waals surface area contributed by atoms with E-state index in [0.29, 0.717) is 5.92 Å². The van der Waals surface area contributed by atoms with Crippen LogP contribution in [0.5, 0.6) is 0 Å². The van der Waals surface area contributed by atoms with Gasteiger partial charge in [0.15, 0.2) is 0 Å². The summed E-state index contributed by atoms with van der Waals surface area (Å²) in [4.78, 5) is 0. The van der Waals surface area contributed by atoms with E-state index in [2.05, 4.69) is 11.4 Å². The SMILES string of the molecule is CNC(C#N)C1CCOC1. The van der Waals surface area contributed by atoms with E-state index in [4.69, 9.17) is 10.00 Å². The molecule has 0 aliphatic carbocycles. The minimum Gasteiger partial charge on any atom is -0.381 e. The van der Waals surface area contributed by atoms with Gasteiger partial charge in [0.1, 0.15) is 6.04 Å². The number of nitrogens with one attached hydrogen (secondary N) is 1. The second-order valence-corrected chi connectivity index (χ2v) is 2.52. The zero-order valence-electron chi connectivity index (χ0n) is 6.13. The molecule has 1 fully saturated rings. The average Bonchev–Trinajstić information content (AvgIpc) is 2.43. The summed E-state index contributed by atoms with van der Waals surface area (Å²) in [7, 11) is 1.81. The number of hydrogen-bond acceptors (Lipinski definition) is 3. The van der Waals surface area contributed by atoms with Crippen LogP contribution >= 0.6 is 0 Å². The Morgan fingerprint density at radius 3 is 3.00 bits per heavy atom. The first-order chi connectivity index (χ1) is 4.88. The van der Waals surface area contributed by atoms with Crippen LogP contribution in [-0.4, -0.2) is 26.3 Å². The third kappa shape index (κ3) is 1.47. The minimum absolute atomic E-state index is 0.0255. The predicted molar refractivity (Wildman–Crippen MR) is 37.4 cm³/mol. The van der Waals surface area contributed by atoms with E-state index in [1.165, 1.54) is 0 Å². The molecule has 3 heteroatoms. The van der Waals surface area contributed by atoms with E-state index < -0.39 is 0 Å². The molecular weight excluding hydrogens is 128 g/mol. The molecule has 2 unspecified atom stereocenters. The van der Waals surface area contributed by atoms with Crippen molar-refractivity contribution >= 4 is 0 Å². The first-order valence-corrected chi connectivity index (χ1v) is 3.53. The Morgan fingerprint density at radius 2 is 2.60 bits per heavy atom. The average molecular weight is 140 g/mol. The van der Waals surface area contributed by atoms with Gasteiger partial charge in [-0.2, -0.15) is 5.26 Å². The van der Waals surface area contributed by atoms with Crippen molar-refractivity contribution in [3.63, 3.8) is 0 Å². The Balaban J connectivity index is 2.38. The van der Waals surface area contributed by atoms with E-state index in [1.807, 2.05) is 7.05 Å². The van der Waals surface area contributed by atoms with Gasteiger partial charge in [0.25, 0.3) is 0 Å². The summed E-state index contributed by atoms with van der Waals surface area (Å²) >= 11 is 0. The van der Waals surface area contributed by atoms with Crippen molar-refractivity contribution in [3.05, 3.63) is 0 Å². The van der Waals surface area contributed by atoms with E-state index in [0.717, 1.165) is 19.6 Å². The Bertz CT molecular complexity index is 135. The number of rotatable bonds is 2. The maximum absolute atomic E-state index is 8.62. The van der Waals surface area contributed by atoms with E-state index in [9.17, 15) is 0 Å². The maximum atomic E-state index is 8.62. The van der Waals surface area contributed by atoms with Gasteiger partial charge in [-0.3, -0.25) is 0 Å². The quantitative estimate of drug-likeness (QED) is 0.593. The van der Waals surface area contributed by atoms with Crippen molar-refractivity contribution in [1.29, 1.82) is 5.26 Å². The molecule has 0 saturated carbocycles. The van der Waals surface area contributed by atoms with Crippen LogP contribution in [0.2, 0.25) is 0 Å². The molecule has 0 spiro atoms. The highest BCUT2D eigenvalue weighted by atomic mass is 16.5. The third-order valence-electron chi connectivity index (χ3n) is 1.89. The van der Waals surface area contributed by atoms with Gasteiger partial charge in [-0.25, -0.2) is 0 Å². The smallest absolute Gasteiger partial charge is 0.100 e. The van der Waals surface area contributed by atoms with Crippen molar-refractivity contribution in [1.82, 2.24) is 5.32 Å². The van der Waals surface area contributed by atoms with Crippen LogP contribution in [0.15, 0.2) is 0 Å². The first-order valence-electron chi connectivity index (χ1n) is 3.53. The van der Waals surface area contributed by atoms with Crippen LogP contribution < -0.4 is 5.32 Å². The fourth-order valence-corrected chi connectivity index (χ4v) is 1.22. The van der Waals surface area contributed by atoms with E-state index >= 15 is 0 Å². The lowest BCUT2D eigenvalue weighted by molar-refractivity contribution is 0.182. The Kier molecular flexibility index (Phi) is 2.67. The second-order valence-electron chi connectivity index (χ2n) is 2.52. The van der Waals surface area contributed by atoms with Crippen LogP contribution in [0.4, 0.5) is 0 Å². The van der Waals surface area contributed by atoms with Crippen LogP contribution in [0.1, 0.15) is 6.42 Å². The van der Waals surface area contributed by atoms with Crippen molar-refractivity contribution in [3.8, 4) is 6.07 Å². The van der Waals surface area contributed by atoms with Crippen LogP contribution in [-0.2, 0) is 4.74 Å². The highest BCUT2D eigenvalue weighted by Crippen LogP contribution is 2.15. The Labute approximate surface area is 61.0 Å². The van der Waals surface area contributed by atoms with Crippen molar-refractivity contribution < 1.29 is 4.74 Å². The third-order valence-corrected chi connectivity index (χ3v) is 1.89. The minimum atomic E-state index is -0.0255. The van der Waals surface area contributed by atoms with Crippen LogP contribution in [0.3, 0.4) is 0 Å². The molecule has 1 aliphatic heterocycles. The molecule has 1 aliphatic rings. The van der Waals surface area contributed by atoms with Gasteiger partial charge in [-0.15, -0.1) is 0 Å². The highest BCUT2D eigenvalue weighted by Gasteiger charge is 2.23. The lowest BCUT2D eigenvalue weighted by Crippen LogP contribution is -2.32. The molecule has 0 amide bonds. The lowest BCUT2D eigenvalue weighted by Gasteiger charge is -2.12. The molecular formula is C7H12N2O. The molecule has 0 aromatic rings. The van der Waals surface area contributed by atoms with Gasteiger partial charge in [0.05, 0.1) is 12.7 Å². The van der Waals surface area contributed by atoms with Crippen molar-refractivity contribution in [2.24, 2.45) is 5.92 Å². The molecule has 10 heavy (non-hydrogen) atoms. The molecule has 1 saturated heterocycles. The fraction of sp³-hybridized carbons (Fsp3) is 0.857. The summed E-state index contributed by atoms with van der Waals surface area (Å²) in [5, 5.41) is 11.6. The normalized spacial score (nSPS) is 27.8. The van der Waals surface area contributed by atoms with E-state index in [1.54, 1.807) is 0 Å². The molecule has 3 nitrogen and oxygen atoms in total. The maximum Gasteiger partial charge on any atom is 0.100 e. The predicted octanol–water partition coefficient (Wildman–Crippen LogP) is 0.134. The number of ether oxygens (including phenoxy) is 1. The zero-order valence-corrected chi connectivity index (χ0v) is 6.13. The molecule has 1 rings (SSSR count). The van der Waals surface area contributed by atoms with E-state index in [-0.39, 0.29) is 6.04 Å². The highest BCUT2D eigenvalue weighted by molar-refractivity contribution is 4.95. The van der Waals surface area contributed by atoms with Gasteiger partial charge in [-0.1, -0.05) is 0 Å². The summed E-state index contributed by atoms with van der Waals surface area (Å²) in [6.07, 6.45) is 1.01.